The van der Waals surface area contributed by atoms with Crippen LogP contribution in [0.1, 0.15) is 99.8 Å². The number of pyridine rings is 2. The molecule has 0 saturated carbocycles. The van der Waals surface area contributed by atoms with Gasteiger partial charge in [-0.2, -0.15) is 6.07 Å². The minimum absolute atomic E-state index is 0. The van der Waals surface area contributed by atoms with E-state index >= 15 is 0 Å². The van der Waals surface area contributed by atoms with E-state index < -0.39 is 184 Å². The number of esters is 1. The molecule has 3 aliphatic heterocycles. The maximum absolute atomic E-state index is 13.3. The normalized spacial score (nSPS) is 18.3. The summed E-state index contributed by atoms with van der Waals surface area (Å²) in [5, 5.41) is 178. The molecular weight excluding hydrogens is 1830 g/mol. The monoisotopic (exact) mass is 1940 g/mol. The Morgan fingerprint density at radius 3 is 0.897 bits per heavy atom. The molecule has 1 radical (unpaired) electrons. The summed E-state index contributed by atoms with van der Waals surface area (Å²) in [6, 6.07) is 2.16. The number of fused-ring (bicyclic) bond motifs is 6. The van der Waals surface area contributed by atoms with E-state index in [4.69, 9.17) is 35.4 Å². The van der Waals surface area contributed by atoms with Gasteiger partial charge in [-0.25, -0.2) is 0 Å². The van der Waals surface area contributed by atoms with Crippen LogP contribution in [0.25, 0.3) is 0 Å². The summed E-state index contributed by atoms with van der Waals surface area (Å²) in [4.78, 5) is 171. The van der Waals surface area contributed by atoms with Gasteiger partial charge in [0.05, 0.1) is 99.4 Å². The number of aliphatic hydroxyl groups excluding tert-OH is 12. The Labute approximate surface area is 732 Å². The molecule has 2 aromatic heterocycles. The maximum atomic E-state index is 13.3. The van der Waals surface area contributed by atoms with Crippen molar-refractivity contribution in [2.75, 3.05) is 131 Å². The number of carboxylic acids is 5. The molecule has 12 atom stereocenters. The summed E-state index contributed by atoms with van der Waals surface area (Å²) in [5.41, 5.74) is 1.29. The molecule has 46 heteroatoms. The minimum atomic E-state index is -1.35. The molecule has 44 nitrogen and oxygen atoms in total. The first kappa shape index (κ1) is 106. The van der Waals surface area contributed by atoms with Crippen LogP contribution >= 0.6 is 0 Å². The zero-order chi connectivity index (χ0) is 84.6. The SMILES string of the molecule is O=C(CCC(C(=O)O)N1CCN(C(CCC(=O)NCC(O)CO)C(=O)O)Cc2cccc(n2)CN(C(CCC(=O)NCC(O)CO)C(=O)O)CC1)NCC(O)CO.O=C(CCC(C(=O)O)N1CCN(C(CCC(=O)NCC(O)CO)C(=O)O)Cc2cccc(n2)[C-]2OC(=O)C(CCC(=O)NCC(O)CO)N2CC1)NCC(O)CO.[Gd+3].[Gd]. The quantitative estimate of drug-likeness (QED) is 0.0216. The van der Waals surface area contributed by atoms with Gasteiger partial charge in [-0.1, -0.05) is 12.1 Å². The largest absolute Gasteiger partial charge is 3.00 e. The number of hydrogen-bond donors (Lipinski definition) is 23. The van der Waals surface area contributed by atoms with E-state index in [9.17, 15) is 114 Å². The zero-order valence-corrected chi connectivity index (χ0v) is 68.4. The number of ether oxygens (including phenoxy) is 1. The van der Waals surface area contributed by atoms with Gasteiger partial charge >= 0.3 is 75.8 Å². The molecule has 5 heterocycles. The van der Waals surface area contributed by atoms with Gasteiger partial charge in [-0.15, -0.1) is 6.07 Å². The smallest absolute Gasteiger partial charge is 0.505 e. The second-order valence-electron chi connectivity index (χ2n) is 27.4. The van der Waals surface area contributed by atoms with Crippen molar-refractivity contribution in [3.63, 3.8) is 0 Å². The predicted molar refractivity (Wildman–Crippen MR) is 391 cm³/mol. The van der Waals surface area contributed by atoms with Crippen LogP contribution < -0.4 is 31.9 Å². The molecule has 116 heavy (non-hydrogen) atoms. The van der Waals surface area contributed by atoms with Crippen LogP contribution in [0.5, 0.6) is 0 Å². The summed E-state index contributed by atoms with van der Waals surface area (Å²) in [7, 11) is 0. The third kappa shape index (κ3) is 38.9. The van der Waals surface area contributed by atoms with E-state index in [1.54, 1.807) is 41.3 Å². The number of rotatable bonds is 46. The fourth-order valence-corrected chi connectivity index (χ4v) is 12.4. The van der Waals surface area contributed by atoms with Gasteiger partial charge in [0.1, 0.15) is 30.2 Å². The fourth-order valence-electron chi connectivity index (χ4n) is 12.4. The molecule has 4 bridgehead atoms. The number of carboxylic acid groups (broad SMARTS) is 5. The van der Waals surface area contributed by atoms with Gasteiger partial charge in [0.25, 0.3) is 0 Å². The number of aliphatic hydroxyl groups is 12. The molecule has 5 rings (SSSR count). The molecule has 0 aliphatic carbocycles. The Morgan fingerprint density at radius 2 is 0.621 bits per heavy atom. The molecule has 6 amide bonds. The van der Waals surface area contributed by atoms with E-state index in [-0.39, 0.29) is 280 Å². The van der Waals surface area contributed by atoms with Crippen molar-refractivity contribution in [2.45, 2.75) is 170 Å². The number of carbonyl (C=O) groups excluding carboxylic acids is 7. The van der Waals surface area contributed by atoms with E-state index in [0.29, 0.717) is 17.1 Å². The van der Waals surface area contributed by atoms with Crippen LogP contribution in [0.2, 0.25) is 0 Å². The van der Waals surface area contributed by atoms with E-state index in [2.05, 4.69) is 41.9 Å². The Morgan fingerprint density at radius 1 is 0.379 bits per heavy atom. The maximum Gasteiger partial charge on any atom is 3.00 e. The molecule has 12 unspecified atom stereocenters. The molecule has 23 N–H and O–H groups in total. The second-order valence-corrected chi connectivity index (χ2v) is 27.4. The number of aliphatic carboxylic acids is 5. The van der Waals surface area contributed by atoms with Crippen LogP contribution in [0.4, 0.5) is 0 Å². The molecule has 2 aromatic rings. The Bertz CT molecular complexity index is 3290. The number of nitrogens with zero attached hydrogens (tertiary/aromatic N) is 8. The Kier molecular flexibility index (Phi) is 52.0. The van der Waals surface area contributed by atoms with Gasteiger partial charge in [-0.05, 0) is 56.4 Å². The molecule has 0 spiro atoms. The molecule has 0 aromatic carbocycles. The minimum Gasteiger partial charge on any atom is -0.505 e. The number of aromatic nitrogens is 2. The van der Waals surface area contributed by atoms with Crippen LogP contribution in [-0.2, 0) is 81.9 Å². The van der Waals surface area contributed by atoms with Gasteiger partial charge in [-0.3, -0.25) is 92.0 Å². The summed E-state index contributed by atoms with van der Waals surface area (Å²) >= 11 is 0. The van der Waals surface area contributed by atoms with Crippen molar-refractivity contribution in [3.05, 3.63) is 65.4 Å². The first-order chi connectivity index (χ1) is 54.2. The van der Waals surface area contributed by atoms with E-state index in [1.165, 1.54) is 24.5 Å². The summed E-state index contributed by atoms with van der Waals surface area (Å²) in [6.45, 7) is -6.00. The van der Waals surface area contributed by atoms with Crippen molar-refractivity contribution < 1.29 is 229 Å². The van der Waals surface area contributed by atoms with Gasteiger partial charge < -0.3 is 128 Å². The fraction of sp³-hybridized carbons (Fsp3) is 0.671. The number of hydrogen-bond acceptors (Lipinski definition) is 33. The van der Waals surface area contributed by atoms with Crippen molar-refractivity contribution in [1.29, 1.82) is 0 Å². The van der Waals surface area contributed by atoms with Crippen LogP contribution in [0.3, 0.4) is 0 Å². The third-order valence-corrected chi connectivity index (χ3v) is 18.7. The number of nitrogens with one attached hydrogen (secondary N) is 6. The third-order valence-electron chi connectivity index (χ3n) is 18.7. The van der Waals surface area contributed by atoms with Crippen molar-refractivity contribution in [2.24, 2.45) is 0 Å². The molecule has 3 aliphatic rings. The average molecular weight is 1940 g/mol. The topological polar surface area (TPSA) is 675 Å². The van der Waals surface area contributed by atoms with E-state index in [0.717, 1.165) is 0 Å². The molecule has 1 fully saturated rings. The Balaban J connectivity index is 0.000000773. The number of carbonyl (C=O) groups is 12. The summed E-state index contributed by atoms with van der Waals surface area (Å²) in [6.07, 6.45) is -9.96. The standard InChI is InChI=1S/C35H54N7O15.C35H57N7O15.2Gd/c43-18-22(46)14-36-29(49)7-4-26(33(52)53)40-10-11-41(27(34(54)55)5-8-30(50)37-15-23(47)19-44)17-21-2-1-3-25(39-21)32-42(13-12-40)28(35(56)57-32)6-9-31(51)38-16-24(48)20-45;43-19-24(46)14-36-30(49)7-4-27(33(52)53)40-10-12-41(28(34(54)55)5-8-31(50)37-15-25(47)20-44)17-22-2-1-3-23(39-22)18-42(13-11-40)29(35(56)57)6-9-32(51)38-16-26(48)21-45;;/h1-3,22-24,26-28,43-48H,4-20H2,(H,36,49)(H,37,50)(H,38,51)(H,52,53)(H,54,55);1-3,24-29,43-48H,4-21H2,(H,36,49)(H,37,50)(H,38,51)(H,52,53)(H,54,55)(H,56,57);;/q-1;;;+3. The zero-order valence-electron chi connectivity index (χ0n) is 63.8. The van der Waals surface area contributed by atoms with Crippen molar-refractivity contribution >= 4 is 71.3 Å². The van der Waals surface area contributed by atoms with Gasteiger partial charge in [0.2, 0.25) is 35.4 Å². The van der Waals surface area contributed by atoms with E-state index in [1.807, 2.05) is 0 Å². The van der Waals surface area contributed by atoms with Crippen molar-refractivity contribution in [1.82, 2.24) is 71.3 Å². The number of amides is 6. The summed E-state index contributed by atoms with van der Waals surface area (Å²) < 4.78 is 5.70. The summed E-state index contributed by atoms with van der Waals surface area (Å²) in [5.74, 6) is -10.6. The first-order valence-electron chi connectivity index (χ1n) is 37.2. The predicted octanol–water partition coefficient (Wildman–Crippen LogP) is -9.97. The van der Waals surface area contributed by atoms with Gasteiger partial charge in [0.15, 0.2) is 0 Å². The average Bonchev–Trinajstić information content (AvgIpc) is 1.63. The van der Waals surface area contributed by atoms with Crippen LogP contribution in [0.15, 0.2) is 36.4 Å². The molecular formula is C70H111Gd2N14O30+2. The second kappa shape index (κ2) is 57.1. The van der Waals surface area contributed by atoms with Crippen LogP contribution in [0, 0.1) is 86.1 Å². The molecule has 655 valence electrons. The molecule has 1 saturated heterocycles. The first-order valence-corrected chi connectivity index (χ1v) is 37.2. The van der Waals surface area contributed by atoms with Gasteiger partial charge in [0, 0.05) is 196 Å². The van der Waals surface area contributed by atoms with Crippen molar-refractivity contribution in [3.8, 4) is 0 Å². The van der Waals surface area contributed by atoms with Crippen LogP contribution in [-0.4, -0.2) is 402 Å². The Hall–Kier alpha value is -6.26.